The van der Waals surface area contributed by atoms with E-state index in [-0.39, 0.29) is 5.41 Å². The molecule has 0 radical (unpaired) electrons. The Morgan fingerprint density at radius 3 is 2.20 bits per heavy atom. The molecule has 3 heteroatoms. The monoisotopic (exact) mass is 285 g/mol. The highest BCUT2D eigenvalue weighted by molar-refractivity contribution is 7.80. The Balaban J connectivity index is 2.20. The van der Waals surface area contributed by atoms with E-state index in [2.05, 4.69) is 32.9 Å². The molecule has 0 fully saturated rings. The minimum Gasteiger partial charge on any atom is -0.457 e. The summed E-state index contributed by atoms with van der Waals surface area (Å²) in [6, 6.07) is 15.6. The molecule has 2 aromatic rings. The predicted molar refractivity (Wildman–Crippen MR) is 87.5 cm³/mol. The van der Waals surface area contributed by atoms with Gasteiger partial charge in [0.2, 0.25) is 0 Å². The summed E-state index contributed by atoms with van der Waals surface area (Å²) < 4.78 is 5.86. The summed E-state index contributed by atoms with van der Waals surface area (Å²) in [5, 5.41) is 0. The number of hydrogen-bond donors (Lipinski definition) is 1. The van der Waals surface area contributed by atoms with Crippen molar-refractivity contribution < 1.29 is 4.74 Å². The molecule has 104 valence electrons. The van der Waals surface area contributed by atoms with E-state index in [4.69, 9.17) is 22.7 Å². The molecule has 0 heterocycles. The Morgan fingerprint density at radius 2 is 1.65 bits per heavy atom. The van der Waals surface area contributed by atoms with Gasteiger partial charge in [-0.2, -0.15) is 0 Å². The first-order valence-electron chi connectivity index (χ1n) is 6.54. The van der Waals surface area contributed by atoms with Gasteiger partial charge >= 0.3 is 0 Å². The fourth-order valence-electron chi connectivity index (χ4n) is 1.85. The van der Waals surface area contributed by atoms with E-state index in [0.717, 1.165) is 17.1 Å². The van der Waals surface area contributed by atoms with Crippen LogP contribution in [0.2, 0.25) is 0 Å². The molecular formula is C17H19NOS. The van der Waals surface area contributed by atoms with E-state index in [1.807, 2.05) is 36.4 Å². The first-order valence-corrected chi connectivity index (χ1v) is 6.95. The highest BCUT2D eigenvalue weighted by Crippen LogP contribution is 2.28. The molecule has 0 unspecified atom stereocenters. The van der Waals surface area contributed by atoms with E-state index in [1.54, 1.807) is 0 Å². The van der Waals surface area contributed by atoms with Gasteiger partial charge in [-0.25, -0.2) is 0 Å². The van der Waals surface area contributed by atoms with Gasteiger partial charge in [-0.3, -0.25) is 0 Å². The number of benzene rings is 2. The van der Waals surface area contributed by atoms with Crippen molar-refractivity contribution in [1.29, 1.82) is 0 Å². The normalized spacial score (nSPS) is 11.2. The molecular weight excluding hydrogens is 266 g/mol. The van der Waals surface area contributed by atoms with Crippen molar-refractivity contribution in [2.45, 2.75) is 26.2 Å². The SMILES string of the molecule is CC(C)(C)c1cccc(Oc2ccc(C(N)=S)cc2)c1. The van der Waals surface area contributed by atoms with Crippen molar-refractivity contribution in [2.75, 3.05) is 0 Å². The molecule has 0 aromatic heterocycles. The van der Waals surface area contributed by atoms with Crippen LogP contribution in [0.15, 0.2) is 48.5 Å². The third-order valence-electron chi connectivity index (χ3n) is 3.07. The molecule has 2 aromatic carbocycles. The maximum Gasteiger partial charge on any atom is 0.127 e. The fraction of sp³-hybridized carbons (Fsp3) is 0.235. The summed E-state index contributed by atoms with van der Waals surface area (Å²) in [5.41, 5.74) is 7.77. The second-order valence-corrected chi connectivity index (χ2v) is 6.21. The van der Waals surface area contributed by atoms with Gasteiger partial charge < -0.3 is 10.5 Å². The van der Waals surface area contributed by atoms with Crippen molar-refractivity contribution in [3.05, 3.63) is 59.7 Å². The second kappa shape index (κ2) is 5.63. The molecule has 20 heavy (non-hydrogen) atoms. The average Bonchev–Trinajstić information content (AvgIpc) is 2.38. The van der Waals surface area contributed by atoms with Gasteiger partial charge in [-0.05, 0) is 47.4 Å². The van der Waals surface area contributed by atoms with Crippen LogP contribution in [-0.4, -0.2) is 4.99 Å². The quantitative estimate of drug-likeness (QED) is 0.848. The molecule has 0 spiro atoms. The summed E-state index contributed by atoms with van der Waals surface area (Å²) in [4.78, 5) is 0.395. The molecule has 2 rings (SSSR count). The molecule has 0 amide bonds. The number of nitrogens with two attached hydrogens (primary N) is 1. The minimum absolute atomic E-state index is 0.106. The van der Waals surface area contributed by atoms with Crippen LogP contribution in [0, 0.1) is 0 Å². The van der Waals surface area contributed by atoms with Crippen LogP contribution in [0.4, 0.5) is 0 Å². The lowest BCUT2D eigenvalue weighted by molar-refractivity contribution is 0.478. The molecule has 0 bridgehead atoms. The number of hydrogen-bond acceptors (Lipinski definition) is 2. The van der Waals surface area contributed by atoms with Crippen LogP contribution < -0.4 is 10.5 Å². The lowest BCUT2D eigenvalue weighted by atomic mass is 9.87. The first-order chi connectivity index (χ1) is 9.36. The number of ether oxygens (including phenoxy) is 1. The summed E-state index contributed by atoms with van der Waals surface area (Å²) in [6.45, 7) is 6.55. The molecule has 2 N–H and O–H groups in total. The van der Waals surface area contributed by atoms with Crippen molar-refractivity contribution in [3.8, 4) is 11.5 Å². The summed E-state index contributed by atoms with van der Waals surface area (Å²) in [5.74, 6) is 1.61. The van der Waals surface area contributed by atoms with Crippen LogP contribution in [0.5, 0.6) is 11.5 Å². The van der Waals surface area contributed by atoms with E-state index in [1.165, 1.54) is 5.56 Å². The van der Waals surface area contributed by atoms with Crippen LogP contribution in [0.3, 0.4) is 0 Å². The zero-order valence-corrected chi connectivity index (χ0v) is 12.8. The topological polar surface area (TPSA) is 35.2 Å². The molecule has 0 aliphatic rings. The predicted octanol–water partition coefficient (Wildman–Crippen LogP) is 4.41. The number of thiocarbonyl (C=S) groups is 1. The zero-order chi connectivity index (χ0) is 14.8. The van der Waals surface area contributed by atoms with E-state index < -0.39 is 0 Å². The van der Waals surface area contributed by atoms with Crippen molar-refractivity contribution in [2.24, 2.45) is 5.73 Å². The number of rotatable bonds is 3. The van der Waals surface area contributed by atoms with E-state index >= 15 is 0 Å². The molecule has 0 aliphatic carbocycles. The highest BCUT2D eigenvalue weighted by atomic mass is 32.1. The smallest absolute Gasteiger partial charge is 0.127 e. The largest absolute Gasteiger partial charge is 0.457 e. The Morgan fingerprint density at radius 1 is 1.00 bits per heavy atom. The molecule has 2 nitrogen and oxygen atoms in total. The fourth-order valence-corrected chi connectivity index (χ4v) is 1.99. The summed E-state index contributed by atoms with van der Waals surface area (Å²) in [7, 11) is 0. The van der Waals surface area contributed by atoms with Crippen LogP contribution in [-0.2, 0) is 5.41 Å². The van der Waals surface area contributed by atoms with Gasteiger partial charge in [-0.15, -0.1) is 0 Å². The molecule has 0 atom stereocenters. The standard InChI is InChI=1S/C17H19NOS/c1-17(2,3)13-5-4-6-15(11-13)19-14-9-7-12(8-10-14)16(18)20/h4-11H,1-3H3,(H2,18,20). The Kier molecular flexibility index (Phi) is 4.09. The van der Waals surface area contributed by atoms with Gasteiger partial charge in [0.1, 0.15) is 16.5 Å². The Hall–Kier alpha value is -1.87. The van der Waals surface area contributed by atoms with E-state index in [0.29, 0.717) is 4.99 Å². The zero-order valence-electron chi connectivity index (χ0n) is 12.0. The minimum atomic E-state index is 0.106. The lowest BCUT2D eigenvalue weighted by Crippen LogP contribution is -2.10. The van der Waals surface area contributed by atoms with Crippen molar-refractivity contribution in [1.82, 2.24) is 0 Å². The van der Waals surface area contributed by atoms with Crippen molar-refractivity contribution >= 4 is 17.2 Å². The summed E-state index contributed by atoms with van der Waals surface area (Å²) >= 11 is 4.93. The Labute approximate surface area is 125 Å². The maximum atomic E-state index is 5.86. The average molecular weight is 285 g/mol. The third-order valence-corrected chi connectivity index (χ3v) is 3.31. The van der Waals surface area contributed by atoms with Gasteiger partial charge in [0, 0.05) is 5.56 Å². The lowest BCUT2D eigenvalue weighted by Gasteiger charge is -2.19. The van der Waals surface area contributed by atoms with Crippen LogP contribution in [0.1, 0.15) is 31.9 Å². The first kappa shape index (κ1) is 14.5. The molecule has 0 saturated heterocycles. The van der Waals surface area contributed by atoms with E-state index in [9.17, 15) is 0 Å². The third kappa shape index (κ3) is 3.58. The highest BCUT2D eigenvalue weighted by Gasteiger charge is 2.14. The van der Waals surface area contributed by atoms with Crippen LogP contribution in [0.25, 0.3) is 0 Å². The molecule has 0 saturated carbocycles. The summed E-state index contributed by atoms with van der Waals surface area (Å²) in [6.07, 6.45) is 0. The van der Waals surface area contributed by atoms with Crippen molar-refractivity contribution in [3.63, 3.8) is 0 Å². The second-order valence-electron chi connectivity index (χ2n) is 5.77. The maximum absolute atomic E-state index is 5.86. The van der Waals surface area contributed by atoms with Gasteiger partial charge in [0.05, 0.1) is 0 Å². The molecule has 0 aliphatic heterocycles. The Bertz CT molecular complexity index is 612. The van der Waals surface area contributed by atoms with Gasteiger partial charge in [-0.1, -0.05) is 45.1 Å². The van der Waals surface area contributed by atoms with Crippen LogP contribution >= 0.6 is 12.2 Å². The van der Waals surface area contributed by atoms with Gasteiger partial charge in [0.15, 0.2) is 0 Å². The van der Waals surface area contributed by atoms with Gasteiger partial charge in [0.25, 0.3) is 0 Å².